The van der Waals surface area contributed by atoms with Gasteiger partial charge in [0.1, 0.15) is 5.88 Å². The van der Waals surface area contributed by atoms with Gasteiger partial charge in [0.25, 0.3) is 0 Å². The predicted octanol–water partition coefficient (Wildman–Crippen LogP) is 4.82. The highest BCUT2D eigenvalue weighted by Crippen LogP contribution is 2.39. The number of nitrogens with zero attached hydrogens (tertiary/aromatic N) is 3. The molecular formula is C21H18N3OS. The number of ether oxygens (including phenoxy) is 1. The van der Waals surface area contributed by atoms with Crippen molar-refractivity contribution < 1.29 is 4.74 Å². The lowest BCUT2D eigenvalue weighted by molar-refractivity contribution is 0.380. The molecule has 2 aromatic carbocycles. The molecule has 26 heavy (non-hydrogen) atoms. The second-order valence-electron chi connectivity index (χ2n) is 5.86. The largest absolute Gasteiger partial charge is 0.467 e. The molecule has 0 fully saturated rings. The van der Waals surface area contributed by atoms with Crippen LogP contribution in [0.5, 0.6) is 6.01 Å². The molecule has 1 aromatic heterocycles. The standard InChI is InChI=1S/C21H18N3OS/c1-25-21-22-11-17(12-23-21)18-9-5-6-10-19(18)20-14-26-15-24(20)13-16-7-3-2-4-8-16/h2-12,14-15H,13H2,1H3. The molecule has 5 heteroatoms. The highest BCUT2D eigenvalue weighted by atomic mass is 32.2. The zero-order valence-electron chi connectivity index (χ0n) is 14.4. The topological polar surface area (TPSA) is 38.2 Å². The average Bonchev–Trinajstić information content (AvgIpc) is 3.17. The van der Waals surface area contributed by atoms with Crippen molar-refractivity contribution in [2.24, 2.45) is 0 Å². The van der Waals surface area contributed by atoms with E-state index in [4.69, 9.17) is 4.74 Å². The molecule has 129 valence electrons. The third kappa shape index (κ3) is 3.44. The van der Waals surface area contributed by atoms with Gasteiger partial charge in [0.15, 0.2) is 0 Å². The van der Waals surface area contributed by atoms with Crippen LogP contribution in [0, 0.1) is 5.88 Å². The second kappa shape index (κ2) is 7.62. The minimum atomic E-state index is 0.376. The number of hydrogen-bond acceptors (Lipinski definition) is 5. The Kier molecular flexibility index (Phi) is 4.88. The third-order valence-electron chi connectivity index (χ3n) is 4.20. The molecule has 0 unspecified atom stereocenters. The summed E-state index contributed by atoms with van der Waals surface area (Å²) in [5.74, 6) is 2.16. The van der Waals surface area contributed by atoms with Crippen molar-refractivity contribution in [2.45, 2.75) is 6.54 Å². The number of rotatable bonds is 5. The van der Waals surface area contributed by atoms with Gasteiger partial charge in [-0.15, -0.1) is 11.8 Å². The van der Waals surface area contributed by atoms with Crippen LogP contribution in [0.3, 0.4) is 0 Å². The summed E-state index contributed by atoms with van der Waals surface area (Å²) in [6.45, 7) is 0.840. The Morgan fingerprint density at radius 3 is 2.35 bits per heavy atom. The molecule has 4 nitrogen and oxygen atoms in total. The van der Waals surface area contributed by atoms with Crippen molar-refractivity contribution in [1.29, 1.82) is 0 Å². The first kappa shape index (κ1) is 16.7. The van der Waals surface area contributed by atoms with Crippen LogP contribution in [0.15, 0.2) is 72.4 Å². The second-order valence-corrected chi connectivity index (χ2v) is 6.58. The quantitative estimate of drug-likeness (QED) is 0.652. The summed E-state index contributed by atoms with van der Waals surface area (Å²) in [7, 11) is 1.57. The summed E-state index contributed by atoms with van der Waals surface area (Å²) in [6, 6.07) is 19.2. The normalized spacial score (nSPS) is 13.6. The van der Waals surface area contributed by atoms with Gasteiger partial charge in [0, 0.05) is 30.1 Å². The monoisotopic (exact) mass is 360 g/mol. The predicted molar refractivity (Wildman–Crippen MR) is 106 cm³/mol. The van der Waals surface area contributed by atoms with Crippen LogP contribution in [0.2, 0.25) is 0 Å². The van der Waals surface area contributed by atoms with Crippen LogP contribution in [0.4, 0.5) is 0 Å². The Morgan fingerprint density at radius 1 is 0.923 bits per heavy atom. The van der Waals surface area contributed by atoms with E-state index in [1.807, 2.05) is 12.1 Å². The molecule has 2 heterocycles. The summed E-state index contributed by atoms with van der Waals surface area (Å²) < 4.78 is 5.07. The van der Waals surface area contributed by atoms with E-state index in [1.54, 1.807) is 31.3 Å². The Hall–Kier alpha value is -2.79. The van der Waals surface area contributed by atoms with Gasteiger partial charge in [0.2, 0.25) is 0 Å². The molecular weight excluding hydrogens is 342 g/mol. The maximum Gasteiger partial charge on any atom is 0.316 e. The Labute approximate surface area is 157 Å². The zero-order valence-corrected chi connectivity index (χ0v) is 15.2. The Balaban J connectivity index is 1.66. The minimum absolute atomic E-state index is 0.376. The van der Waals surface area contributed by atoms with Gasteiger partial charge in [-0.3, -0.25) is 0 Å². The lowest BCUT2D eigenvalue weighted by Gasteiger charge is -2.23. The van der Waals surface area contributed by atoms with Gasteiger partial charge in [-0.2, -0.15) is 0 Å². The number of hydrogen-bond donors (Lipinski definition) is 0. The third-order valence-corrected chi connectivity index (χ3v) is 4.93. The zero-order chi connectivity index (χ0) is 17.8. The van der Waals surface area contributed by atoms with Crippen molar-refractivity contribution in [2.75, 3.05) is 7.11 Å². The van der Waals surface area contributed by atoms with Crippen molar-refractivity contribution in [3.63, 3.8) is 0 Å². The molecule has 3 aromatic rings. The molecule has 0 aliphatic carbocycles. The van der Waals surface area contributed by atoms with Crippen LogP contribution in [0.1, 0.15) is 11.1 Å². The first-order chi connectivity index (χ1) is 12.8. The van der Waals surface area contributed by atoms with Crippen LogP contribution in [0.25, 0.3) is 16.8 Å². The molecule has 1 aliphatic rings. The number of thioether (sulfide) groups is 1. The van der Waals surface area contributed by atoms with E-state index in [0.29, 0.717) is 6.01 Å². The molecule has 0 atom stereocenters. The summed E-state index contributed by atoms with van der Waals surface area (Å²) in [5, 5.41) is 2.19. The summed E-state index contributed by atoms with van der Waals surface area (Å²) >= 11 is 1.70. The van der Waals surface area contributed by atoms with E-state index < -0.39 is 0 Å². The number of methoxy groups -OCH3 is 1. The fourth-order valence-corrected chi connectivity index (χ4v) is 3.72. The lowest BCUT2D eigenvalue weighted by atomic mass is 9.99. The molecule has 1 aliphatic heterocycles. The highest BCUT2D eigenvalue weighted by Gasteiger charge is 2.21. The molecule has 4 rings (SSSR count). The van der Waals surface area contributed by atoms with Crippen LogP contribution in [-0.2, 0) is 6.54 Å². The fraction of sp³-hybridized carbons (Fsp3) is 0.0952. The van der Waals surface area contributed by atoms with Gasteiger partial charge in [-0.1, -0.05) is 54.6 Å². The SMILES string of the molecule is COc1ncc(-c2ccccc2C2=CS[CH]N2Cc2ccccc2)cn1. The minimum Gasteiger partial charge on any atom is -0.467 e. The van der Waals surface area contributed by atoms with Crippen molar-refractivity contribution in [3.05, 3.63) is 89.4 Å². The maximum absolute atomic E-state index is 5.07. The van der Waals surface area contributed by atoms with E-state index in [2.05, 4.69) is 68.6 Å². The molecule has 0 saturated carbocycles. The van der Waals surface area contributed by atoms with Gasteiger partial charge < -0.3 is 9.64 Å². The molecule has 0 N–H and O–H groups in total. The Morgan fingerprint density at radius 2 is 1.62 bits per heavy atom. The maximum atomic E-state index is 5.07. The fourth-order valence-electron chi connectivity index (χ4n) is 2.93. The lowest BCUT2D eigenvalue weighted by Crippen LogP contribution is -2.14. The molecule has 0 bridgehead atoms. The summed E-state index contributed by atoms with van der Waals surface area (Å²) in [4.78, 5) is 10.8. The van der Waals surface area contributed by atoms with Gasteiger partial charge in [0.05, 0.1) is 12.8 Å². The molecule has 0 saturated heterocycles. The van der Waals surface area contributed by atoms with E-state index in [-0.39, 0.29) is 0 Å². The van der Waals surface area contributed by atoms with Crippen molar-refractivity contribution in [1.82, 2.24) is 14.9 Å². The first-order valence-electron chi connectivity index (χ1n) is 8.30. The average molecular weight is 360 g/mol. The molecule has 0 spiro atoms. The van der Waals surface area contributed by atoms with Gasteiger partial charge in [-0.25, -0.2) is 9.97 Å². The summed E-state index contributed by atoms with van der Waals surface area (Å²) in [5.41, 5.74) is 5.71. The van der Waals surface area contributed by atoms with Gasteiger partial charge in [-0.05, 0) is 16.5 Å². The van der Waals surface area contributed by atoms with Crippen LogP contribution < -0.4 is 4.74 Å². The van der Waals surface area contributed by atoms with Crippen LogP contribution in [-0.4, -0.2) is 22.0 Å². The molecule has 1 radical (unpaired) electrons. The van der Waals surface area contributed by atoms with E-state index >= 15 is 0 Å². The highest BCUT2D eigenvalue weighted by molar-refractivity contribution is 8.04. The Bertz CT molecular complexity index is 910. The van der Waals surface area contributed by atoms with Crippen LogP contribution >= 0.6 is 11.8 Å². The van der Waals surface area contributed by atoms with E-state index in [9.17, 15) is 0 Å². The summed E-state index contributed by atoms with van der Waals surface area (Å²) in [6.07, 6.45) is 3.61. The number of benzene rings is 2. The number of aromatic nitrogens is 2. The van der Waals surface area contributed by atoms with Crippen molar-refractivity contribution >= 4 is 17.5 Å². The van der Waals surface area contributed by atoms with E-state index in [0.717, 1.165) is 17.7 Å². The first-order valence-corrected chi connectivity index (χ1v) is 9.25. The smallest absolute Gasteiger partial charge is 0.316 e. The van der Waals surface area contributed by atoms with E-state index in [1.165, 1.54) is 16.8 Å². The van der Waals surface area contributed by atoms with Crippen molar-refractivity contribution in [3.8, 4) is 17.1 Å². The van der Waals surface area contributed by atoms with Gasteiger partial charge >= 0.3 is 6.01 Å². The molecule has 0 amide bonds.